The van der Waals surface area contributed by atoms with Crippen LogP contribution >= 0.6 is 0 Å². The number of benzene rings is 11. The number of nitrogens with zero attached hydrogens (tertiary/aromatic N) is 1. The first-order valence-corrected chi connectivity index (χ1v) is 22.6. The Morgan fingerprint density at radius 2 is 0.712 bits per heavy atom. The van der Waals surface area contributed by atoms with Crippen molar-refractivity contribution >= 4 is 49.8 Å². The maximum atomic E-state index is 6.79. The van der Waals surface area contributed by atoms with Crippen LogP contribution in [-0.4, -0.2) is 0 Å². The van der Waals surface area contributed by atoms with Crippen molar-refractivity contribution in [1.29, 1.82) is 0 Å². The zero-order valence-corrected chi connectivity index (χ0v) is 36.2. The van der Waals surface area contributed by atoms with E-state index in [9.17, 15) is 0 Å². The fourth-order valence-corrected chi connectivity index (χ4v) is 9.75. The number of furan rings is 1. The van der Waals surface area contributed by atoms with E-state index in [2.05, 4.69) is 260 Å². The molecule has 12 rings (SSSR count). The van der Waals surface area contributed by atoms with E-state index in [1.54, 1.807) is 0 Å². The third kappa shape index (κ3) is 7.02. The van der Waals surface area contributed by atoms with Crippen molar-refractivity contribution in [3.05, 3.63) is 261 Å². The van der Waals surface area contributed by atoms with Crippen molar-refractivity contribution in [3.63, 3.8) is 0 Å². The fraction of sp³-hybridized carbons (Fsp3) is 0. The van der Waals surface area contributed by atoms with E-state index in [1.165, 1.54) is 60.8 Å². The number of rotatable bonds is 9. The Kier molecular flexibility index (Phi) is 9.89. The van der Waals surface area contributed by atoms with Crippen LogP contribution in [0.15, 0.2) is 265 Å². The zero-order valence-electron chi connectivity index (χ0n) is 36.2. The van der Waals surface area contributed by atoms with Crippen LogP contribution in [0.25, 0.3) is 99.5 Å². The molecule has 0 atom stereocenters. The van der Waals surface area contributed by atoms with Gasteiger partial charge in [0.2, 0.25) is 0 Å². The Balaban J connectivity index is 0.999. The van der Waals surface area contributed by atoms with Crippen molar-refractivity contribution in [2.45, 2.75) is 0 Å². The molecule has 66 heavy (non-hydrogen) atoms. The summed E-state index contributed by atoms with van der Waals surface area (Å²) in [7, 11) is 0. The highest BCUT2D eigenvalue weighted by molar-refractivity contribution is 6.17. The van der Waals surface area contributed by atoms with E-state index < -0.39 is 0 Å². The molecule has 0 aliphatic rings. The van der Waals surface area contributed by atoms with Crippen LogP contribution < -0.4 is 4.90 Å². The topological polar surface area (TPSA) is 16.4 Å². The van der Waals surface area contributed by atoms with Gasteiger partial charge in [0.05, 0.1) is 11.1 Å². The Bertz CT molecular complexity index is 3660. The highest BCUT2D eigenvalue weighted by Crippen LogP contribution is 2.47. The molecule has 0 aliphatic heterocycles. The van der Waals surface area contributed by atoms with Gasteiger partial charge in [0.1, 0.15) is 11.2 Å². The van der Waals surface area contributed by atoms with Crippen molar-refractivity contribution < 1.29 is 4.42 Å². The van der Waals surface area contributed by atoms with Gasteiger partial charge in [-0.3, -0.25) is 0 Å². The van der Waals surface area contributed by atoms with E-state index >= 15 is 0 Å². The van der Waals surface area contributed by atoms with E-state index in [1.807, 2.05) is 6.07 Å². The summed E-state index contributed by atoms with van der Waals surface area (Å²) in [5.41, 5.74) is 19.0. The number of fused-ring (bicyclic) bond motifs is 4. The maximum Gasteiger partial charge on any atom is 0.145 e. The van der Waals surface area contributed by atoms with Crippen LogP contribution in [0.5, 0.6) is 0 Å². The smallest absolute Gasteiger partial charge is 0.145 e. The van der Waals surface area contributed by atoms with Crippen molar-refractivity contribution in [3.8, 4) is 66.8 Å². The average Bonchev–Trinajstić information content (AvgIpc) is 3.80. The Hall–Kier alpha value is -8.72. The van der Waals surface area contributed by atoms with E-state index in [0.29, 0.717) is 0 Å². The van der Waals surface area contributed by atoms with Gasteiger partial charge >= 0.3 is 0 Å². The monoisotopic (exact) mass is 841 g/mol. The molecule has 0 aliphatic carbocycles. The lowest BCUT2D eigenvalue weighted by Crippen LogP contribution is -2.10. The third-order valence-electron chi connectivity index (χ3n) is 12.9. The molecule has 1 heterocycles. The minimum absolute atomic E-state index is 0.863. The zero-order chi connectivity index (χ0) is 43.8. The standard InChI is InChI=1S/C64H43NO/c1-4-17-44(18-5-1)57-40-35-50(43-60(57)47-21-8-3-9-22-47)56-27-13-12-26-54(56)48-31-36-51(37-32-48)65(52-38-33-49(34-39-52)55-29-16-24-45-23-10-11-25-53(45)55)61-42-41-58(46-19-6-2-7-20-46)64-63(61)59-28-14-15-30-62(59)66-64/h1-43H. The quantitative estimate of drug-likeness (QED) is 0.144. The lowest BCUT2D eigenvalue weighted by Gasteiger charge is -2.27. The summed E-state index contributed by atoms with van der Waals surface area (Å²) in [6.07, 6.45) is 0. The molecule has 2 nitrogen and oxygen atoms in total. The fourth-order valence-electron chi connectivity index (χ4n) is 9.75. The molecule has 0 amide bonds. The van der Waals surface area contributed by atoms with Crippen LogP contribution in [0, 0.1) is 0 Å². The van der Waals surface area contributed by atoms with Crippen molar-refractivity contribution in [1.82, 2.24) is 0 Å². The third-order valence-corrected chi connectivity index (χ3v) is 12.9. The first-order valence-electron chi connectivity index (χ1n) is 22.6. The summed E-state index contributed by atoms with van der Waals surface area (Å²) in [5, 5.41) is 4.63. The first-order chi connectivity index (χ1) is 32.7. The summed E-state index contributed by atoms with van der Waals surface area (Å²) in [6.45, 7) is 0. The molecule has 0 saturated heterocycles. The average molecular weight is 842 g/mol. The van der Waals surface area contributed by atoms with Crippen LogP contribution in [0.1, 0.15) is 0 Å². The Labute approximate surface area is 384 Å². The molecule has 2 heteroatoms. The van der Waals surface area contributed by atoms with Gasteiger partial charge in [-0.1, -0.05) is 212 Å². The minimum atomic E-state index is 0.863. The molecular formula is C64H43NO. The molecular weight excluding hydrogens is 799 g/mol. The molecule has 0 fully saturated rings. The summed E-state index contributed by atoms with van der Waals surface area (Å²) >= 11 is 0. The molecule has 0 radical (unpaired) electrons. The number of hydrogen-bond acceptors (Lipinski definition) is 2. The first kappa shape index (κ1) is 38.9. The molecule has 0 bridgehead atoms. The van der Waals surface area contributed by atoms with Gasteiger partial charge in [0.25, 0.3) is 0 Å². The Morgan fingerprint density at radius 1 is 0.273 bits per heavy atom. The summed E-state index contributed by atoms with van der Waals surface area (Å²) in [4.78, 5) is 2.38. The molecule has 11 aromatic carbocycles. The number of para-hydroxylation sites is 1. The van der Waals surface area contributed by atoms with Crippen LogP contribution in [0.4, 0.5) is 17.1 Å². The lowest BCUT2D eigenvalue weighted by atomic mass is 9.88. The largest absolute Gasteiger partial charge is 0.455 e. The molecule has 12 aromatic rings. The minimum Gasteiger partial charge on any atom is -0.455 e. The van der Waals surface area contributed by atoms with Gasteiger partial charge in [-0.05, 0) is 121 Å². The Morgan fingerprint density at radius 3 is 1.38 bits per heavy atom. The molecule has 0 unspecified atom stereocenters. The van der Waals surface area contributed by atoms with E-state index in [0.717, 1.165) is 55.7 Å². The van der Waals surface area contributed by atoms with Crippen LogP contribution in [-0.2, 0) is 0 Å². The van der Waals surface area contributed by atoms with E-state index in [-0.39, 0.29) is 0 Å². The van der Waals surface area contributed by atoms with Crippen molar-refractivity contribution in [2.24, 2.45) is 0 Å². The molecule has 310 valence electrons. The molecule has 0 saturated carbocycles. The molecule has 1 aromatic heterocycles. The second kappa shape index (κ2) is 16.8. The molecule has 0 N–H and O–H groups in total. The van der Waals surface area contributed by atoms with Crippen LogP contribution in [0.3, 0.4) is 0 Å². The highest BCUT2D eigenvalue weighted by Gasteiger charge is 2.23. The predicted molar refractivity (Wildman–Crippen MR) is 279 cm³/mol. The highest BCUT2D eigenvalue weighted by atomic mass is 16.3. The molecule has 0 spiro atoms. The summed E-state index contributed by atoms with van der Waals surface area (Å²) < 4.78 is 6.79. The summed E-state index contributed by atoms with van der Waals surface area (Å²) in [5.74, 6) is 0. The maximum absolute atomic E-state index is 6.79. The second-order valence-corrected chi connectivity index (χ2v) is 16.8. The van der Waals surface area contributed by atoms with Gasteiger partial charge in [-0.15, -0.1) is 0 Å². The second-order valence-electron chi connectivity index (χ2n) is 16.8. The van der Waals surface area contributed by atoms with Gasteiger partial charge in [0.15, 0.2) is 0 Å². The predicted octanol–water partition coefficient (Wildman–Crippen LogP) is 18.2. The SMILES string of the molecule is c1ccc(-c2ccc(-c3ccccc3-c3ccc(N(c4ccc(-c5cccc6ccccc56)cc4)c4ccc(-c5ccccc5)c5oc6ccccc6c45)cc3)cc2-c2ccccc2)cc1. The van der Waals surface area contributed by atoms with Gasteiger partial charge in [-0.2, -0.15) is 0 Å². The van der Waals surface area contributed by atoms with Gasteiger partial charge in [0, 0.05) is 22.3 Å². The van der Waals surface area contributed by atoms with Gasteiger partial charge < -0.3 is 9.32 Å². The van der Waals surface area contributed by atoms with Crippen LogP contribution in [0.2, 0.25) is 0 Å². The van der Waals surface area contributed by atoms with Gasteiger partial charge in [-0.25, -0.2) is 0 Å². The summed E-state index contributed by atoms with van der Waals surface area (Å²) in [6, 6.07) is 93.7. The number of hydrogen-bond donors (Lipinski definition) is 0. The van der Waals surface area contributed by atoms with E-state index in [4.69, 9.17) is 4.42 Å². The lowest BCUT2D eigenvalue weighted by molar-refractivity contribution is 0.670. The number of anilines is 3. The normalized spacial score (nSPS) is 11.3. The van der Waals surface area contributed by atoms with Crippen molar-refractivity contribution in [2.75, 3.05) is 4.90 Å².